The Kier molecular flexibility index (Phi) is 9.17. The Labute approximate surface area is 172 Å². The molecule has 2 aromatic carbocycles. The summed E-state index contributed by atoms with van der Waals surface area (Å²) in [6.07, 6.45) is 14.4. The topological polar surface area (TPSA) is 9.23 Å². The van der Waals surface area contributed by atoms with Gasteiger partial charge in [0.15, 0.2) is 9.80 Å². The second kappa shape index (κ2) is 11.9. The van der Waals surface area contributed by atoms with Crippen molar-refractivity contribution in [3.05, 3.63) is 120 Å². The molecule has 0 heterocycles. The fourth-order valence-electron chi connectivity index (χ4n) is 2.64. The Morgan fingerprint density at radius 1 is 1.00 bits per heavy atom. The molecule has 144 valence electrons. The van der Waals surface area contributed by atoms with Gasteiger partial charge in [0.05, 0.1) is 10.9 Å². The molecule has 2 rings (SSSR count). The molecule has 0 spiro atoms. The third kappa shape index (κ3) is 6.79. The van der Waals surface area contributed by atoms with Crippen molar-refractivity contribution in [2.45, 2.75) is 25.7 Å². The number of allylic oxidation sites excluding steroid dienone is 6. The van der Waals surface area contributed by atoms with Gasteiger partial charge in [-0.2, -0.15) is 0 Å². The van der Waals surface area contributed by atoms with Crippen LogP contribution in [0.15, 0.2) is 119 Å². The van der Waals surface area contributed by atoms with Crippen LogP contribution in [0.1, 0.15) is 19.4 Å². The summed E-state index contributed by atoms with van der Waals surface area (Å²) in [6, 6.07) is 18.7. The zero-order valence-corrected chi connectivity index (χ0v) is 17.8. The van der Waals surface area contributed by atoms with Crippen molar-refractivity contribution in [2.24, 2.45) is 0 Å². The van der Waals surface area contributed by atoms with Gasteiger partial charge >= 0.3 is 0 Å². The molecule has 0 radical (unpaired) electrons. The molecule has 0 N–H and O–H groups in total. The van der Waals surface area contributed by atoms with Crippen LogP contribution in [-0.2, 0) is 10.9 Å². The van der Waals surface area contributed by atoms with Crippen molar-refractivity contribution < 1.29 is 4.74 Å². The summed E-state index contributed by atoms with van der Waals surface area (Å²) >= 11 is 0. The first kappa shape index (κ1) is 21.6. The molecule has 0 amide bonds. The van der Waals surface area contributed by atoms with Gasteiger partial charge in [0.2, 0.25) is 0 Å². The Morgan fingerprint density at radius 3 is 2.32 bits per heavy atom. The molecule has 0 bridgehead atoms. The number of benzene rings is 2. The van der Waals surface area contributed by atoms with E-state index in [0.717, 1.165) is 17.3 Å². The molecular formula is C26H29OS+. The Balaban J connectivity index is 2.18. The van der Waals surface area contributed by atoms with Crippen molar-refractivity contribution in [2.75, 3.05) is 5.75 Å². The third-order valence-corrected chi connectivity index (χ3v) is 6.32. The fourth-order valence-corrected chi connectivity index (χ4v) is 4.66. The molecule has 1 unspecified atom stereocenters. The maximum atomic E-state index is 6.01. The summed E-state index contributed by atoms with van der Waals surface area (Å²) in [6.45, 7) is 10.0. The van der Waals surface area contributed by atoms with Crippen LogP contribution in [-0.4, -0.2) is 5.75 Å². The van der Waals surface area contributed by atoms with Crippen molar-refractivity contribution in [3.8, 4) is 5.75 Å². The zero-order chi connectivity index (χ0) is 20.2. The average molecular weight is 390 g/mol. The lowest BCUT2D eigenvalue weighted by atomic mass is 10.2. The van der Waals surface area contributed by atoms with Crippen LogP contribution in [0.2, 0.25) is 0 Å². The van der Waals surface area contributed by atoms with Gasteiger partial charge < -0.3 is 4.74 Å². The Morgan fingerprint density at radius 2 is 1.71 bits per heavy atom. The maximum absolute atomic E-state index is 6.01. The minimum Gasteiger partial charge on any atom is -0.457 e. The first-order chi connectivity index (χ1) is 13.7. The van der Waals surface area contributed by atoms with Crippen LogP contribution in [0.3, 0.4) is 0 Å². The summed E-state index contributed by atoms with van der Waals surface area (Å²) < 4.78 is 6.01. The average Bonchev–Trinajstić information content (AvgIpc) is 2.72. The standard InChI is InChI=1S/C26H29OS/c1-5-12-23(27-24-19-17-22(4)18-20-24)14-11-21-28(25(7-3)13-6-2)26-15-9-8-10-16-26/h5-20H,1,21H2,2-4H3/q+1/b13-6-,14-11-,23-12+,25-7+. The summed E-state index contributed by atoms with van der Waals surface area (Å²) in [7, 11) is -0.0166. The molecule has 0 fully saturated rings. The lowest BCUT2D eigenvalue weighted by Gasteiger charge is -2.08. The van der Waals surface area contributed by atoms with Crippen molar-refractivity contribution >= 4 is 10.9 Å². The highest BCUT2D eigenvalue weighted by atomic mass is 32.2. The quantitative estimate of drug-likeness (QED) is 0.251. The van der Waals surface area contributed by atoms with E-state index in [1.54, 1.807) is 6.08 Å². The van der Waals surface area contributed by atoms with Gasteiger partial charge in [0.1, 0.15) is 17.3 Å². The minimum absolute atomic E-state index is 0.0166. The van der Waals surface area contributed by atoms with Crippen molar-refractivity contribution in [3.63, 3.8) is 0 Å². The van der Waals surface area contributed by atoms with Gasteiger partial charge in [-0.05, 0) is 75.4 Å². The molecule has 0 saturated carbocycles. The number of hydrogen-bond donors (Lipinski definition) is 0. The Bertz CT molecular complexity index is 855. The van der Waals surface area contributed by atoms with Crippen LogP contribution < -0.4 is 4.74 Å². The second-order valence-corrected chi connectivity index (χ2v) is 8.24. The van der Waals surface area contributed by atoms with E-state index < -0.39 is 0 Å². The van der Waals surface area contributed by atoms with Gasteiger partial charge in [-0.3, -0.25) is 0 Å². The largest absolute Gasteiger partial charge is 0.457 e. The molecule has 0 aliphatic carbocycles. The van der Waals surface area contributed by atoms with E-state index in [1.165, 1.54) is 15.4 Å². The molecule has 1 atom stereocenters. The number of hydrogen-bond acceptors (Lipinski definition) is 1. The second-order valence-electron chi connectivity index (χ2n) is 6.18. The molecule has 28 heavy (non-hydrogen) atoms. The first-order valence-electron chi connectivity index (χ1n) is 9.46. The van der Waals surface area contributed by atoms with E-state index in [1.807, 2.05) is 36.4 Å². The van der Waals surface area contributed by atoms with E-state index in [2.05, 4.69) is 82.0 Å². The molecule has 2 heteroatoms. The highest BCUT2D eigenvalue weighted by Gasteiger charge is 2.23. The lowest BCUT2D eigenvalue weighted by Crippen LogP contribution is -2.08. The van der Waals surface area contributed by atoms with Crippen LogP contribution in [0.5, 0.6) is 5.75 Å². The SMILES string of the molecule is C=C/C=C(\C=C/C[S+](C(/C=C\C)=C/C)c1ccccc1)Oc1ccc(C)cc1. The monoisotopic (exact) mass is 389 g/mol. The minimum atomic E-state index is -0.0166. The molecule has 2 aromatic rings. The molecule has 0 aliphatic heterocycles. The van der Waals surface area contributed by atoms with E-state index in [0.29, 0.717) is 0 Å². The van der Waals surface area contributed by atoms with E-state index in [9.17, 15) is 0 Å². The van der Waals surface area contributed by atoms with Gasteiger partial charge in [-0.1, -0.05) is 54.6 Å². The van der Waals surface area contributed by atoms with E-state index in [-0.39, 0.29) is 10.9 Å². The smallest absolute Gasteiger partial charge is 0.161 e. The molecule has 1 nitrogen and oxygen atoms in total. The maximum Gasteiger partial charge on any atom is 0.161 e. The zero-order valence-electron chi connectivity index (χ0n) is 17.0. The van der Waals surface area contributed by atoms with Crippen LogP contribution in [0.4, 0.5) is 0 Å². The fraction of sp³-hybridized carbons (Fsp3) is 0.154. The number of aryl methyl sites for hydroxylation is 1. The highest BCUT2D eigenvalue weighted by Crippen LogP contribution is 2.24. The van der Waals surface area contributed by atoms with E-state index in [4.69, 9.17) is 4.74 Å². The predicted octanol–water partition coefficient (Wildman–Crippen LogP) is 7.16. The van der Waals surface area contributed by atoms with Gasteiger partial charge in [0.25, 0.3) is 0 Å². The van der Waals surface area contributed by atoms with Gasteiger partial charge in [-0.15, -0.1) is 0 Å². The van der Waals surface area contributed by atoms with Crippen LogP contribution >= 0.6 is 0 Å². The molecule has 0 aliphatic rings. The molecule has 0 aromatic heterocycles. The van der Waals surface area contributed by atoms with Gasteiger partial charge in [-0.25, -0.2) is 0 Å². The normalized spacial score (nSPS) is 13.8. The van der Waals surface area contributed by atoms with Crippen molar-refractivity contribution in [1.29, 1.82) is 0 Å². The molecule has 0 saturated heterocycles. The summed E-state index contributed by atoms with van der Waals surface area (Å²) in [5, 5.41) is 0. The summed E-state index contributed by atoms with van der Waals surface area (Å²) in [5.41, 5.74) is 1.21. The van der Waals surface area contributed by atoms with Crippen molar-refractivity contribution in [1.82, 2.24) is 0 Å². The van der Waals surface area contributed by atoms with Crippen LogP contribution in [0, 0.1) is 6.92 Å². The number of rotatable bonds is 9. The Hall–Kier alpha value is -2.71. The molecular weight excluding hydrogens is 360 g/mol. The first-order valence-corrected chi connectivity index (χ1v) is 10.9. The third-order valence-electron chi connectivity index (χ3n) is 4.01. The lowest BCUT2D eigenvalue weighted by molar-refractivity contribution is 0.444. The highest BCUT2D eigenvalue weighted by molar-refractivity contribution is 8.00. The van der Waals surface area contributed by atoms with Gasteiger partial charge in [0, 0.05) is 0 Å². The van der Waals surface area contributed by atoms with Crippen LogP contribution in [0.25, 0.3) is 0 Å². The number of ether oxygens (including phenoxy) is 1. The predicted molar refractivity (Wildman–Crippen MR) is 125 cm³/mol. The van der Waals surface area contributed by atoms with E-state index >= 15 is 0 Å². The summed E-state index contributed by atoms with van der Waals surface area (Å²) in [4.78, 5) is 2.68. The summed E-state index contributed by atoms with van der Waals surface area (Å²) in [5.74, 6) is 2.52.